The molecule has 0 spiro atoms. The van der Waals surface area contributed by atoms with Crippen molar-refractivity contribution in [2.75, 3.05) is 6.61 Å². The number of epoxide rings is 1. The van der Waals surface area contributed by atoms with Crippen LogP contribution in [-0.2, 0) is 4.74 Å². The summed E-state index contributed by atoms with van der Waals surface area (Å²) in [5.74, 6) is 0. The predicted molar refractivity (Wildman–Crippen MR) is 63.0 cm³/mol. The van der Waals surface area contributed by atoms with Crippen molar-refractivity contribution < 1.29 is 9.84 Å². The molecule has 1 aliphatic rings. The molecule has 0 aromatic rings. The Morgan fingerprint density at radius 1 is 0.867 bits per heavy atom. The largest absolute Gasteiger partial charge is 0.396 e. The molecule has 0 aliphatic carbocycles. The molecular formula is C13H26O2. The zero-order chi connectivity index (χ0) is 10.9. The third-order valence-electron chi connectivity index (χ3n) is 3.23. The summed E-state index contributed by atoms with van der Waals surface area (Å²) in [6.07, 6.45) is 12.7. The first-order chi connectivity index (χ1) is 7.34. The third kappa shape index (κ3) is 6.91. The van der Waals surface area contributed by atoms with Gasteiger partial charge in [0, 0.05) is 6.61 Å². The van der Waals surface area contributed by atoms with Crippen LogP contribution in [0.3, 0.4) is 0 Å². The summed E-state index contributed by atoms with van der Waals surface area (Å²) in [6, 6.07) is 0. The van der Waals surface area contributed by atoms with E-state index in [2.05, 4.69) is 6.92 Å². The van der Waals surface area contributed by atoms with Gasteiger partial charge in [-0.3, -0.25) is 0 Å². The lowest BCUT2D eigenvalue weighted by Gasteiger charge is -2.00. The molecule has 90 valence electrons. The highest BCUT2D eigenvalue weighted by atomic mass is 16.6. The van der Waals surface area contributed by atoms with Crippen LogP contribution in [0.15, 0.2) is 0 Å². The third-order valence-corrected chi connectivity index (χ3v) is 3.23. The fourth-order valence-corrected chi connectivity index (χ4v) is 2.05. The fourth-order valence-electron chi connectivity index (χ4n) is 2.05. The van der Waals surface area contributed by atoms with Crippen molar-refractivity contribution in [1.82, 2.24) is 0 Å². The maximum absolute atomic E-state index is 8.61. The summed E-state index contributed by atoms with van der Waals surface area (Å²) >= 11 is 0. The number of hydrogen-bond donors (Lipinski definition) is 1. The minimum atomic E-state index is 0.361. The van der Waals surface area contributed by atoms with Gasteiger partial charge < -0.3 is 9.84 Å². The number of ether oxygens (including phenoxy) is 1. The Bertz CT molecular complexity index is 147. The maximum Gasteiger partial charge on any atom is 0.0839 e. The molecule has 1 heterocycles. The van der Waals surface area contributed by atoms with Gasteiger partial charge in [0.05, 0.1) is 12.2 Å². The highest BCUT2D eigenvalue weighted by molar-refractivity contribution is 4.79. The van der Waals surface area contributed by atoms with Crippen molar-refractivity contribution in [1.29, 1.82) is 0 Å². The molecule has 0 aromatic carbocycles. The van der Waals surface area contributed by atoms with Gasteiger partial charge in [0.2, 0.25) is 0 Å². The van der Waals surface area contributed by atoms with Crippen molar-refractivity contribution in [3.05, 3.63) is 0 Å². The van der Waals surface area contributed by atoms with E-state index in [1.54, 1.807) is 0 Å². The summed E-state index contributed by atoms with van der Waals surface area (Å²) in [4.78, 5) is 0. The Morgan fingerprint density at radius 2 is 1.33 bits per heavy atom. The molecular weight excluding hydrogens is 188 g/mol. The van der Waals surface area contributed by atoms with Gasteiger partial charge in [-0.2, -0.15) is 0 Å². The summed E-state index contributed by atoms with van der Waals surface area (Å²) < 4.78 is 5.37. The Hall–Kier alpha value is -0.0800. The molecule has 0 saturated carbocycles. The average Bonchev–Trinajstić information content (AvgIpc) is 2.92. The van der Waals surface area contributed by atoms with Crippen LogP contribution in [0.25, 0.3) is 0 Å². The Morgan fingerprint density at radius 3 is 1.80 bits per heavy atom. The number of rotatable bonds is 10. The van der Waals surface area contributed by atoms with Crippen LogP contribution >= 0.6 is 0 Å². The van der Waals surface area contributed by atoms with E-state index in [1.165, 1.54) is 51.4 Å². The molecule has 0 amide bonds. The Balaban J connectivity index is 1.66. The highest BCUT2D eigenvalue weighted by Crippen LogP contribution is 2.26. The highest BCUT2D eigenvalue weighted by Gasteiger charge is 2.32. The topological polar surface area (TPSA) is 32.8 Å². The molecule has 0 aromatic heterocycles. The van der Waals surface area contributed by atoms with Gasteiger partial charge in [0.15, 0.2) is 0 Å². The van der Waals surface area contributed by atoms with Gasteiger partial charge >= 0.3 is 0 Å². The second-order valence-electron chi connectivity index (χ2n) is 4.72. The molecule has 1 rings (SSSR count). The summed E-state index contributed by atoms with van der Waals surface area (Å²) in [6.45, 7) is 2.52. The molecule has 1 fully saturated rings. The van der Waals surface area contributed by atoms with Crippen molar-refractivity contribution in [3.63, 3.8) is 0 Å². The molecule has 0 radical (unpaired) electrons. The summed E-state index contributed by atoms with van der Waals surface area (Å²) in [7, 11) is 0. The molecule has 1 aliphatic heterocycles. The fraction of sp³-hybridized carbons (Fsp3) is 1.00. The van der Waals surface area contributed by atoms with Crippen molar-refractivity contribution in [2.45, 2.75) is 76.9 Å². The van der Waals surface area contributed by atoms with Crippen LogP contribution in [0.2, 0.25) is 0 Å². The van der Waals surface area contributed by atoms with Gasteiger partial charge in [0.25, 0.3) is 0 Å². The predicted octanol–water partition coefficient (Wildman–Crippen LogP) is 3.28. The van der Waals surface area contributed by atoms with Crippen LogP contribution in [0, 0.1) is 0 Å². The quantitative estimate of drug-likeness (QED) is 0.447. The summed E-state index contributed by atoms with van der Waals surface area (Å²) in [5, 5.41) is 8.61. The van der Waals surface area contributed by atoms with Gasteiger partial charge in [-0.05, 0) is 19.8 Å². The Labute approximate surface area is 94.0 Å². The minimum Gasteiger partial charge on any atom is -0.396 e. The second-order valence-corrected chi connectivity index (χ2v) is 4.72. The number of unbranched alkanes of at least 4 members (excludes halogenated alkanes) is 7. The molecule has 2 nitrogen and oxygen atoms in total. The van der Waals surface area contributed by atoms with E-state index in [0.717, 1.165) is 6.42 Å². The van der Waals surface area contributed by atoms with Crippen molar-refractivity contribution in [3.8, 4) is 0 Å². The van der Waals surface area contributed by atoms with Crippen LogP contribution in [0.5, 0.6) is 0 Å². The lowest BCUT2D eigenvalue weighted by Crippen LogP contribution is -1.89. The lowest BCUT2D eigenvalue weighted by atomic mass is 10.1. The van der Waals surface area contributed by atoms with E-state index < -0.39 is 0 Å². The van der Waals surface area contributed by atoms with Gasteiger partial charge in [0.1, 0.15) is 0 Å². The van der Waals surface area contributed by atoms with Crippen LogP contribution in [0.4, 0.5) is 0 Å². The van der Waals surface area contributed by atoms with Crippen LogP contribution < -0.4 is 0 Å². The van der Waals surface area contributed by atoms with Crippen molar-refractivity contribution >= 4 is 0 Å². The molecule has 1 saturated heterocycles. The average molecular weight is 214 g/mol. The monoisotopic (exact) mass is 214 g/mol. The Kier molecular flexibility index (Phi) is 7.03. The zero-order valence-electron chi connectivity index (χ0n) is 10.1. The van der Waals surface area contributed by atoms with E-state index >= 15 is 0 Å². The van der Waals surface area contributed by atoms with Crippen LogP contribution in [0.1, 0.15) is 64.7 Å². The number of hydrogen-bond acceptors (Lipinski definition) is 2. The van der Waals surface area contributed by atoms with Crippen molar-refractivity contribution in [2.24, 2.45) is 0 Å². The van der Waals surface area contributed by atoms with E-state index in [1.807, 2.05) is 0 Å². The normalized spacial score (nSPS) is 24.4. The number of aliphatic hydroxyl groups excluding tert-OH is 1. The molecule has 1 N–H and O–H groups in total. The van der Waals surface area contributed by atoms with Gasteiger partial charge in [-0.25, -0.2) is 0 Å². The van der Waals surface area contributed by atoms with E-state index in [9.17, 15) is 0 Å². The van der Waals surface area contributed by atoms with Gasteiger partial charge in [-0.1, -0.05) is 44.9 Å². The second kappa shape index (κ2) is 8.12. The van der Waals surface area contributed by atoms with Gasteiger partial charge in [-0.15, -0.1) is 0 Å². The zero-order valence-corrected chi connectivity index (χ0v) is 10.1. The SMILES string of the molecule is CC1OC1CCCCCCCCCCO. The smallest absolute Gasteiger partial charge is 0.0839 e. The van der Waals surface area contributed by atoms with E-state index in [0.29, 0.717) is 18.8 Å². The molecule has 15 heavy (non-hydrogen) atoms. The molecule has 2 atom stereocenters. The van der Waals surface area contributed by atoms with E-state index in [-0.39, 0.29) is 0 Å². The number of aliphatic hydroxyl groups is 1. The first-order valence-corrected chi connectivity index (χ1v) is 6.61. The molecule has 2 unspecified atom stereocenters. The summed E-state index contributed by atoms with van der Waals surface area (Å²) in [5.41, 5.74) is 0. The minimum absolute atomic E-state index is 0.361. The molecule has 0 bridgehead atoms. The lowest BCUT2D eigenvalue weighted by molar-refractivity contribution is 0.282. The first-order valence-electron chi connectivity index (χ1n) is 6.61. The standard InChI is InChI=1S/C13H26O2/c1-12-13(15-12)10-8-6-4-2-3-5-7-9-11-14/h12-14H,2-11H2,1H3. The van der Waals surface area contributed by atoms with E-state index in [4.69, 9.17) is 9.84 Å². The maximum atomic E-state index is 8.61. The van der Waals surface area contributed by atoms with Crippen LogP contribution in [-0.4, -0.2) is 23.9 Å². The first kappa shape index (κ1) is 13.0. The molecule has 2 heteroatoms.